The predicted octanol–water partition coefficient (Wildman–Crippen LogP) is 4.68. The van der Waals surface area contributed by atoms with Crippen LogP contribution in [0.5, 0.6) is 0 Å². The number of hydrogen-bond donors (Lipinski definition) is 1. The van der Waals surface area contributed by atoms with Crippen molar-refractivity contribution in [2.45, 2.75) is 19.4 Å². The molecule has 2 rings (SSSR count). The molecule has 96 valence electrons. The number of benzene rings is 1. The molecule has 1 nitrogen and oxygen atoms in total. The number of alkyl halides is 1. The van der Waals surface area contributed by atoms with E-state index in [0.29, 0.717) is 6.04 Å². The summed E-state index contributed by atoms with van der Waals surface area (Å²) in [6.07, 6.45) is 1.06. The number of rotatable bonds is 6. The van der Waals surface area contributed by atoms with Gasteiger partial charge in [0.1, 0.15) is 0 Å². The first kappa shape index (κ1) is 13.8. The van der Waals surface area contributed by atoms with Crippen LogP contribution in [0.4, 0.5) is 0 Å². The third-order valence-corrected chi connectivity index (χ3v) is 4.45. The number of thiophene rings is 1. The first-order valence-electron chi connectivity index (χ1n) is 6.22. The standard InChI is InChI=1S/C15H18BrNS/c1-3-17-14(6-8-16)11(2)12-4-5-15-13(10-12)7-9-18-15/h4-5,7,9-10,14,17H,2-3,6,8H2,1H3. The van der Waals surface area contributed by atoms with Gasteiger partial charge in [0, 0.05) is 16.1 Å². The number of nitrogens with one attached hydrogen (secondary N) is 1. The molecule has 3 heteroatoms. The van der Waals surface area contributed by atoms with Crippen molar-refractivity contribution in [1.29, 1.82) is 0 Å². The molecule has 0 saturated heterocycles. The Labute approximate surface area is 121 Å². The van der Waals surface area contributed by atoms with Crippen LogP contribution in [0.3, 0.4) is 0 Å². The second-order valence-electron chi connectivity index (χ2n) is 4.29. The Morgan fingerprint density at radius 3 is 3.00 bits per heavy atom. The Hall–Kier alpha value is -0.640. The van der Waals surface area contributed by atoms with E-state index in [-0.39, 0.29) is 0 Å². The van der Waals surface area contributed by atoms with Gasteiger partial charge in [0.2, 0.25) is 0 Å². The molecule has 0 saturated carbocycles. The molecule has 0 amide bonds. The fraction of sp³-hybridized carbons (Fsp3) is 0.333. The van der Waals surface area contributed by atoms with Gasteiger partial charge in [-0.05, 0) is 53.1 Å². The lowest BCUT2D eigenvalue weighted by molar-refractivity contribution is 0.618. The second kappa shape index (κ2) is 6.50. The quantitative estimate of drug-likeness (QED) is 0.761. The van der Waals surface area contributed by atoms with Gasteiger partial charge in [-0.3, -0.25) is 0 Å². The van der Waals surface area contributed by atoms with Crippen molar-refractivity contribution in [3.8, 4) is 0 Å². The van der Waals surface area contributed by atoms with Gasteiger partial charge in [-0.15, -0.1) is 11.3 Å². The first-order valence-corrected chi connectivity index (χ1v) is 8.22. The van der Waals surface area contributed by atoms with Gasteiger partial charge >= 0.3 is 0 Å². The molecule has 1 atom stereocenters. The van der Waals surface area contributed by atoms with Gasteiger partial charge in [-0.1, -0.05) is 35.5 Å². The molecule has 0 spiro atoms. The van der Waals surface area contributed by atoms with E-state index in [0.717, 1.165) is 18.3 Å². The lowest BCUT2D eigenvalue weighted by Crippen LogP contribution is -2.30. The lowest BCUT2D eigenvalue weighted by atomic mass is 9.97. The number of fused-ring (bicyclic) bond motifs is 1. The van der Waals surface area contributed by atoms with E-state index in [1.807, 2.05) is 0 Å². The highest BCUT2D eigenvalue weighted by Crippen LogP contribution is 2.26. The Bertz CT molecular complexity index is 526. The van der Waals surface area contributed by atoms with Gasteiger partial charge in [-0.2, -0.15) is 0 Å². The Morgan fingerprint density at radius 2 is 2.28 bits per heavy atom. The third-order valence-electron chi connectivity index (χ3n) is 3.09. The van der Waals surface area contributed by atoms with Gasteiger partial charge in [-0.25, -0.2) is 0 Å². The summed E-state index contributed by atoms with van der Waals surface area (Å²) in [5.41, 5.74) is 2.43. The maximum Gasteiger partial charge on any atom is 0.0343 e. The normalized spacial score (nSPS) is 12.8. The smallest absolute Gasteiger partial charge is 0.0343 e. The van der Waals surface area contributed by atoms with E-state index in [2.05, 4.69) is 64.4 Å². The molecule has 0 aliphatic heterocycles. The Kier molecular flexibility index (Phi) is 4.98. The fourth-order valence-corrected chi connectivity index (χ4v) is 3.35. The summed E-state index contributed by atoms with van der Waals surface area (Å²) in [6.45, 7) is 7.38. The predicted molar refractivity (Wildman–Crippen MR) is 86.7 cm³/mol. The number of halogens is 1. The minimum absolute atomic E-state index is 0.352. The molecule has 1 unspecified atom stereocenters. The highest BCUT2D eigenvalue weighted by atomic mass is 79.9. The Balaban J connectivity index is 2.24. The van der Waals surface area contributed by atoms with Crippen molar-refractivity contribution in [3.05, 3.63) is 41.8 Å². The molecule has 2 aromatic rings. The molecule has 0 aliphatic rings. The van der Waals surface area contributed by atoms with Crippen molar-refractivity contribution < 1.29 is 0 Å². The zero-order valence-electron chi connectivity index (χ0n) is 10.6. The summed E-state index contributed by atoms with van der Waals surface area (Å²) in [6, 6.07) is 9.14. The number of hydrogen-bond acceptors (Lipinski definition) is 2. The molecule has 0 aliphatic carbocycles. The van der Waals surface area contributed by atoms with E-state index in [1.165, 1.54) is 21.2 Å². The lowest BCUT2D eigenvalue weighted by Gasteiger charge is -2.20. The molecular weight excluding hydrogens is 306 g/mol. The van der Waals surface area contributed by atoms with Crippen LogP contribution in [0.2, 0.25) is 0 Å². The molecule has 0 fully saturated rings. The second-order valence-corrected chi connectivity index (χ2v) is 6.03. The van der Waals surface area contributed by atoms with Gasteiger partial charge in [0.05, 0.1) is 0 Å². The highest BCUT2D eigenvalue weighted by molar-refractivity contribution is 9.09. The topological polar surface area (TPSA) is 12.0 Å². The van der Waals surface area contributed by atoms with Gasteiger partial charge in [0.15, 0.2) is 0 Å². The largest absolute Gasteiger partial charge is 0.310 e. The molecule has 0 radical (unpaired) electrons. The molecule has 1 heterocycles. The van der Waals surface area contributed by atoms with Crippen LogP contribution in [0.1, 0.15) is 18.9 Å². The molecule has 1 N–H and O–H groups in total. The van der Waals surface area contributed by atoms with Crippen LogP contribution in [0, 0.1) is 0 Å². The zero-order valence-corrected chi connectivity index (χ0v) is 13.0. The van der Waals surface area contributed by atoms with E-state index in [9.17, 15) is 0 Å². The van der Waals surface area contributed by atoms with Crippen LogP contribution in [-0.2, 0) is 0 Å². The molecule has 1 aromatic heterocycles. The van der Waals surface area contributed by atoms with E-state index >= 15 is 0 Å². The average Bonchev–Trinajstić information content (AvgIpc) is 2.84. The Morgan fingerprint density at radius 1 is 1.44 bits per heavy atom. The van der Waals surface area contributed by atoms with Gasteiger partial charge < -0.3 is 5.32 Å². The molecule has 0 bridgehead atoms. The summed E-state index contributed by atoms with van der Waals surface area (Å²) in [4.78, 5) is 0. The monoisotopic (exact) mass is 323 g/mol. The van der Waals surface area contributed by atoms with E-state index in [4.69, 9.17) is 0 Å². The third kappa shape index (κ3) is 3.02. The zero-order chi connectivity index (χ0) is 13.0. The van der Waals surface area contributed by atoms with Crippen molar-refractivity contribution in [3.63, 3.8) is 0 Å². The SMILES string of the molecule is C=C(c1ccc2sccc2c1)C(CCBr)NCC. The van der Waals surface area contributed by atoms with Crippen LogP contribution < -0.4 is 5.32 Å². The maximum absolute atomic E-state index is 4.27. The van der Waals surface area contributed by atoms with Crippen LogP contribution >= 0.6 is 27.3 Å². The number of likely N-dealkylation sites (N-methyl/N-ethyl adjacent to an activating group) is 1. The van der Waals surface area contributed by atoms with Crippen LogP contribution in [0.15, 0.2) is 36.2 Å². The minimum atomic E-state index is 0.352. The average molecular weight is 324 g/mol. The fourth-order valence-electron chi connectivity index (χ4n) is 2.12. The summed E-state index contributed by atoms with van der Waals surface area (Å²) in [5.74, 6) is 0. The molecule has 18 heavy (non-hydrogen) atoms. The summed E-state index contributed by atoms with van der Waals surface area (Å²) in [5, 5.41) is 7.94. The van der Waals surface area contributed by atoms with Crippen LogP contribution in [0.25, 0.3) is 15.7 Å². The summed E-state index contributed by atoms with van der Waals surface area (Å²) >= 11 is 5.30. The molecule has 1 aromatic carbocycles. The van der Waals surface area contributed by atoms with Crippen molar-refractivity contribution in [2.75, 3.05) is 11.9 Å². The summed E-state index contributed by atoms with van der Waals surface area (Å²) in [7, 11) is 0. The van der Waals surface area contributed by atoms with Crippen molar-refractivity contribution in [2.24, 2.45) is 0 Å². The molecular formula is C15H18BrNS. The first-order chi connectivity index (χ1) is 8.76. The van der Waals surface area contributed by atoms with E-state index in [1.54, 1.807) is 11.3 Å². The van der Waals surface area contributed by atoms with Crippen LogP contribution in [-0.4, -0.2) is 17.9 Å². The summed E-state index contributed by atoms with van der Waals surface area (Å²) < 4.78 is 1.34. The van der Waals surface area contributed by atoms with Gasteiger partial charge in [0.25, 0.3) is 0 Å². The van der Waals surface area contributed by atoms with E-state index < -0.39 is 0 Å². The maximum atomic E-state index is 4.27. The van der Waals surface area contributed by atoms with Crippen molar-refractivity contribution in [1.82, 2.24) is 5.32 Å². The van der Waals surface area contributed by atoms with Crippen molar-refractivity contribution >= 4 is 42.9 Å². The highest BCUT2D eigenvalue weighted by Gasteiger charge is 2.12. The minimum Gasteiger partial charge on any atom is -0.310 e.